The van der Waals surface area contributed by atoms with Crippen LogP contribution >= 0.6 is 0 Å². The fourth-order valence-electron chi connectivity index (χ4n) is 3.70. The van der Waals surface area contributed by atoms with Gasteiger partial charge >= 0.3 is 13.2 Å². The van der Waals surface area contributed by atoms with E-state index in [1.54, 1.807) is 4.90 Å². The second kappa shape index (κ2) is 10.9. The topological polar surface area (TPSA) is 69.7 Å². The van der Waals surface area contributed by atoms with Crippen LogP contribution in [0.1, 0.15) is 48.5 Å². The molecule has 0 aromatic heterocycles. The first-order valence-corrected chi connectivity index (χ1v) is 12.2. The zero-order chi connectivity index (χ0) is 25.0. The standard InChI is InChI=1S/C25H41BN2O6/c1-23(2,3)32-22(29)28-14-12-27(13-15-28)16-17-30-18-19-31-21-10-8-20(9-11-21)26-33-24(4,5)25(6,7)34-26/h8-11H,12-19H2,1-7H3. The van der Waals surface area contributed by atoms with Gasteiger partial charge in [0, 0.05) is 32.7 Å². The molecule has 190 valence electrons. The van der Waals surface area contributed by atoms with E-state index in [0.29, 0.717) is 32.9 Å². The van der Waals surface area contributed by atoms with Crippen molar-refractivity contribution in [1.82, 2.24) is 9.80 Å². The molecule has 2 heterocycles. The molecule has 0 aliphatic carbocycles. The Hall–Kier alpha value is -1.81. The Morgan fingerprint density at radius 2 is 1.53 bits per heavy atom. The summed E-state index contributed by atoms with van der Waals surface area (Å²) in [4.78, 5) is 16.2. The summed E-state index contributed by atoms with van der Waals surface area (Å²) in [5, 5.41) is 0. The van der Waals surface area contributed by atoms with E-state index in [1.807, 2.05) is 45.0 Å². The van der Waals surface area contributed by atoms with Crippen molar-refractivity contribution in [2.75, 3.05) is 52.5 Å². The van der Waals surface area contributed by atoms with Crippen LogP contribution in [0.4, 0.5) is 4.79 Å². The summed E-state index contributed by atoms with van der Waals surface area (Å²) in [5.74, 6) is 0.794. The minimum atomic E-state index is -0.459. The summed E-state index contributed by atoms with van der Waals surface area (Å²) in [5.41, 5.74) is -0.181. The van der Waals surface area contributed by atoms with Crippen molar-refractivity contribution in [2.24, 2.45) is 0 Å². The van der Waals surface area contributed by atoms with Crippen LogP contribution < -0.4 is 10.2 Å². The van der Waals surface area contributed by atoms with Gasteiger partial charge in [-0.15, -0.1) is 0 Å². The smallest absolute Gasteiger partial charge is 0.491 e. The zero-order valence-corrected chi connectivity index (χ0v) is 21.9. The monoisotopic (exact) mass is 476 g/mol. The molecule has 0 radical (unpaired) electrons. The lowest BCUT2D eigenvalue weighted by Gasteiger charge is -2.35. The van der Waals surface area contributed by atoms with Crippen LogP contribution in [0.15, 0.2) is 24.3 Å². The number of hydrogen-bond acceptors (Lipinski definition) is 7. The Balaban J connectivity index is 1.27. The van der Waals surface area contributed by atoms with Crippen LogP contribution in [0.5, 0.6) is 5.75 Å². The molecule has 1 aromatic carbocycles. The molecule has 0 atom stereocenters. The van der Waals surface area contributed by atoms with Gasteiger partial charge in [-0.1, -0.05) is 12.1 Å². The number of amides is 1. The van der Waals surface area contributed by atoms with Gasteiger partial charge in [0.05, 0.1) is 24.4 Å². The van der Waals surface area contributed by atoms with Gasteiger partial charge in [-0.3, -0.25) is 4.90 Å². The predicted octanol–water partition coefficient (Wildman–Crippen LogP) is 2.93. The van der Waals surface area contributed by atoms with Crippen molar-refractivity contribution in [1.29, 1.82) is 0 Å². The molecule has 8 nitrogen and oxygen atoms in total. The van der Waals surface area contributed by atoms with Crippen molar-refractivity contribution < 1.29 is 28.3 Å². The SMILES string of the molecule is CC(C)(C)OC(=O)N1CCN(CCOCCOc2ccc(B3OC(C)(C)C(C)(C)O3)cc2)CC1. The van der Waals surface area contributed by atoms with Crippen molar-refractivity contribution in [3.05, 3.63) is 24.3 Å². The number of carbonyl (C=O) groups is 1. The summed E-state index contributed by atoms with van der Waals surface area (Å²) in [6, 6.07) is 7.83. The molecule has 34 heavy (non-hydrogen) atoms. The largest absolute Gasteiger partial charge is 0.494 e. The normalized spacial score (nSPS) is 20.4. The summed E-state index contributed by atoms with van der Waals surface area (Å²) in [6.07, 6.45) is -0.232. The lowest BCUT2D eigenvalue weighted by molar-refractivity contribution is 0.00578. The molecule has 2 saturated heterocycles. The number of benzene rings is 1. The van der Waals surface area contributed by atoms with Crippen molar-refractivity contribution >= 4 is 18.7 Å². The molecule has 3 rings (SSSR count). The number of nitrogens with zero attached hydrogens (tertiary/aromatic N) is 2. The molecule has 1 amide bonds. The number of hydrogen-bond donors (Lipinski definition) is 0. The quantitative estimate of drug-likeness (QED) is 0.422. The molecule has 9 heteroatoms. The first kappa shape index (κ1) is 26.8. The van der Waals surface area contributed by atoms with E-state index in [0.717, 1.165) is 30.8 Å². The molecular formula is C25H41BN2O6. The fraction of sp³-hybridized carbons (Fsp3) is 0.720. The second-order valence-electron chi connectivity index (χ2n) is 10.9. The molecule has 0 N–H and O–H groups in total. The Labute approximate surface area is 204 Å². The maximum atomic E-state index is 12.1. The predicted molar refractivity (Wildman–Crippen MR) is 133 cm³/mol. The molecule has 0 spiro atoms. The van der Waals surface area contributed by atoms with Crippen LogP contribution in [-0.4, -0.2) is 92.4 Å². The summed E-state index contributed by atoms with van der Waals surface area (Å²) in [6.45, 7) is 19.4. The van der Waals surface area contributed by atoms with Gasteiger partial charge in [0.2, 0.25) is 0 Å². The summed E-state index contributed by atoms with van der Waals surface area (Å²) < 4.78 is 29.2. The van der Waals surface area contributed by atoms with Gasteiger partial charge in [0.1, 0.15) is 18.0 Å². The minimum absolute atomic E-state index is 0.232. The van der Waals surface area contributed by atoms with Gasteiger partial charge in [0.15, 0.2) is 0 Å². The molecule has 0 saturated carbocycles. The van der Waals surface area contributed by atoms with Crippen LogP contribution in [0.3, 0.4) is 0 Å². The average molecular weight is 476 g/mol. The van der Waals surface area contributed by atoms with Gasteiger partial charge < -0.3 is 28.4 Å². The molecule has 2 fully saturated rings. The van der Waals surface area contributed by atoms with Crippen LogP contribution in [0.2, 0.25) is 0 Å². The average Bonchev–Trinajstić information content (AvgIpc) is 2.97. The lowest BCUT2D eigenvalue weighted by Crippen LogP contribution is -2.50. The van der Waals surface area contributed by atoms with Crippen molar-refractivity contribution in [2.45, 2.75) is 65.3 Å². The fourth-order valence-corrected chi connectivity index (χ4v) is 3.70. The van der Waals surface area contributed by atoms with Gasteiger partial charge in [0.25, 0.3) is 0 Å². The summed E-state index contributed by atoms with van der Waals surface area (Å²) in [7, 11) is -0.367. The lowest BCUT2D eigenvalue weighted by atomic mass is 9.79. The highest BCUT2D eigenvalue weighted by atomic mass is 16.7. The first-order valence-electron chi connectivity index (χ1n) is 12.2. The third-order valence-electron chi connectivity index (χ3n) is 6.48. The van der Waals surface area contributed by atoms with Crippen LogP contribution in [0, 0.1) is 0 Å². The molecular weight excluding hydrogens is 435 g/mol. The van der Waals surface area contributed by atoms with E-state index >= 15 is 0 Å². The van der Waals surface area contributed by atoms with Gasteiger partial charge in [-0.25, -0.2) is 4.79 Å². The maximum Gasteiger partial charge on any atom is 0.494 e. The van der Waals surface area contributed by atoms with Gasteiger partial charge in [-0.05, 0) is 66.1 Å². The van der Waals surface area contributed by atoms with E-state index in [9.17, 15) is 4.79 Å². The molecule has 0 unspecified atom stereocenters. The van der Waals surface area contributed by atoms with Crippen LogP contribution in [-0.2, 0) is 18.8 Å². The number of piperazine rings is 1. The Morgan fingerprint density at radius 1 is 0.941 bits per heavy atom. The number of rotatable bonds is 8. The summed E-state index contributed by atoms with van der Waals surface area (Å²) >= 11 is 0. The van der Waals surface area contributed by atoms with Crippen LogP contribution in [0.25, 0.3) is 0 Å². The van der Waals surface area contributed by atoms with E-state index in [4.69, 9.17) is 23.5 Å². The number of ether oxygens (including phenoxy) is 3. The molecule has 2 aliphatic rings. The number of carbonyl (C=O) groups excluding carboxylic acids is 1. The van der Waals surface area contributed by atoms with E-state index in [2.05, 4.69) is 32.6 Å². The highest BCUT2D eigenvalue weighted by Crippen LogP contribution is 2.36. The maximum absolute atomic E-state index is 12.1. The van der Waals surface area contributed by atoms with E-state index < -0.39 is 5.60 Å². The Morgan fingerprint density at radius 3 is 2.09 bits per heavy atom. The first-order chi connectivity index (χ1) is 15.9. The highest BCUT2D eigenvalue weighted by molar-refractivity contribution is 6.62. The van der Waals surface area contributed by atoms with E-state index in [1.165, 1.54) is 0 Å². The Kier molecular flexibility index (Phi) is 8.55. The third-order valence-corrected chi connectivity index (χ3v) is 6.48. The van der Waals surface area contributed by atoms with Crippen molar-refractivity contribution in [3.63, 3.8) is 0 Å². The zero-order valence-electron chi connectivity index (χ0n) is 21.9. The molecule has 2 aliphatic heterocycles. The molecule has 1 aromatic rings. The van der Waals surface area contributed by atoms with Gasteiger partial charge in [-0.2, -0.15) is 0 Å². The second-order valence-corrected chi connectivity index (χ2v) is 10.9. The van der Waals surface area contributed by atoms with Crippen molar-refractivity contribution in [3.8, 4) is 5.75 Å². The minimum Gasteiger partial charge on any atom is -0.491 e. The third kappa shape index (κ3) is 7.34. The Bertz CT molecular complexity index is 785. The van der Waals surface area contributed by atoms with E-state index in [-0.39, 0.29) is 24.4 Å². The molecule has 0 bridgehead atoms. The highest BCUT2D eigenvalue weighted by Gasteiger charge is 2.51.